The van der Waals surface area contributed by atoms with E-state index in [1.165, 1.54) is 30.5 Å². The molecule has 4 heteroatoms. The van der Waals surface area contributed by atoms with E-state index in [9.17, 15) is 9.18 Å². The van der Waals surface area contributed by atoms with Crippen LogP contribution < -0.4 is 5.32 Å². The number of carbonyl (C=O) groups excluding carboxylic acids is 1. The Morgan fingerprint density at radius 1 is 1.25 bits per heavy atom. The lowest BCUT2D eigenvalue weighted by Gasteiger charge is -2.30. The van der Waals surface area contributed by atoms with Crippen molar-refractivity contribution in [2.24, 2.45) is 5.92 Å². The number of anilines is 1. The van der Waals surface area contributed by atoms with Crippen molar-refractivity contribution in [3.63, 3.8) is 0 Å². The van der Waals surface area contributed by atoms with E-state index in [0.717, 1.165) is 25.6 Å². The zero-order valence-electron chi connectivity index (χ0n) is 14.0. The van der Waals surface area contributed by atoms with Gasteiger partial charge < -0.3 is 5.32 Å². The number of amides is 1. The molecule has 1 fully saturated rings. The van der Waals surface area contributed by atoms with Gasteiger partial charge in [-0.1, -0.05) is 25.1 Å². The van der Waals surface area contributed by atoms with Crippen LogP contribution in [0.5, 0.6) is 0 Å². The van der Waals surface area contributed by atoms with Crippen LogP contribution in [-0.4, -0.2) is 23.9 Å². The number of halogens is 1. The molecule has 3 nitrogen and oxygen atoms in total. The smallest absolute Gasteiger partial charge is 0.255 e. The molecule has 0 aliphatic carbocycles. The van der Waals surface area contributed by atoms with E-state index in [0.29, 0.717) is 11.3 Å². The summed E-state index contributed by atoms with van der Waals surface area (Å²) in [5, 5.41) is 2.72. The first-order chi connectivity index (χ1) is 11.6. The molecule has 1 N–H and O–H groups in total. The molecule has 0 unspecified atom stereocenters. The van der Waals surface area contributed by atoms with Crippen molar-refractivity contribution >= 4 is 11.6 Å². The minimum absolute atomic E-state index is 0.223. The lowest BCUT2D eigenvalue weighted by Crippen LogP contribution is -2.33. The van der Waals surface area contributed by atoms with Crippen molar-refractivity contribution in [2.75, 3.05) is 18.4 Å². The second-order valence-corrected chi connectivity index (χ2v) is 6.64. The molecule has 0 spiro atoms. The van der Waals surface area contributed by atoms with Gasteiger partial charge in [0.15, 0.2) is 0 Å². The zero-order chi connectivity index (χ0) is 16.9. The summed E-state index contributed by atoms with van der Waals surface area (Å²) in [6.45, 7) is 5.51. The standard InChI is InChI=1S/C20H23FN2O/c1-15-4-3-11-23(13-15)14-16-7-9-17(10-8-16)20(24)22-19-6-2-5-18(21)12-19/h2,5-10,12,15H,3-4,11,13-14H2,1H3,(H,22,24)/t15-/m0/s1. The predicted molar refractivity (Wildman–Crippen MR) is 94.5 cm³/mol. The summed E-state index contributed by atoms with van der Waals surface area (Å²) in [5.41, 5.74) is 2.26. The lowest BCUT2D eigenvalue weighted by molar-refractivity contribution is 0.102. The van der Waals surface area contributed by atoms with Crippen LogP contribution in [0.3, 0.4) is 0 Å². The molecule has 0 bridgehead atoms. The highest BCUT2D eigenvalue weighted by atomic mass is 19.1. The van der Waals surface area contributed by atoms with Crippen molar-refractivity contribution in [2.45, 2.75) is 26.3 Å². The van der Waals surface area contributed by atoms with Gasteiger partial charge in [-0.2, -0.15) is 0 Å². The second-order valence-electron chi connectivity index (χ2n) is 6.64. The average molecular weight is 326 g/mol. The largest absolute Gasteiger partial charge is 0.322 e. The normalized spacial score (nSPS) is 18.3. The van der Waals surface area contributed by atoms with Gasteiger partial charge in [0.1, 0.15) is 5.82 Å². The molecule has 3 rings (SSSR count). The molecule has 1 aliphatic heterocycles. The molecule has 126 valence electrons. The molecule has 1 heterocycles. The molecule has 1 aliphatic rings. The van der Waals surface area contributed by atoms with Gasteiger partial charge in [-0.25, -0.2) is 4.39 Å². The Kier molecular flexibility index (Phi) is 5.26. The van der Waals surface area contributed by atoms with Gasteiger partial charge in [-0.15, -0.1) is 0 Å². The second kappa shape index (κ2) is 7.58. The molecule has 1 saturated heterocycles. The number of benzene rings is 2. The van der Waals surface area contributed by atoms with Gasteiger partial charge >= 0.3 is 0 Å². The van der Waals surface area contributed by atoms with E-state index in [-0.39, 0.29) is 11.7 Å². The van der Waals surface area contributed by atoms with Crippen LogP contribution in [-0.2, 0) is 6.54 Å². The fourth-order valence-electron chi connectivity index (χ4n) is 3.22. The Morgan fingerprint density at radius 2 is 2.04 bits per heavy atom. The van der Waals surface area contributed by atoms with E-state index in [1.54, 1.807) is 12.1 Å². The Morgan fingerprint density at radius 3 is 2.75 bits per heavy atom. The number of piperidine rings is 1. The topological polar surface area (TPSA) is 32.3 Å². The van der Waals surface area contributed by atoms with Crippen LogP contribution in [0, 0.1) is 11.7 Å². The fraction of sp³-hybridized carbons (Fsp3) is 0.350. The number of hydrogen-bond acceptors (Lipinski definition) is 2. The minimum Gasteiger partial charge on any atom is -0.322 e. The third kappa shape index (κ3) is 4.42. The first-order valence-electron chi connectivity index (χ1n) is 8.48. The highest BCUT2D eigenvalue weighted by molar-refractivity contribution is 6.04. The molecular weight excluding hydrogens is 303 g/mol. The predicted octanol–water partition coefficient (Wildman–Crippen LogP) is 4.31. The van der Waals surface area contributed by atoms with E-state index in [4.69, 9.17) is 0 Å². The number of nitrogens with zero attached hydrogens (tertiary/aromatic N) is 1. The molecule has 1 atom stereocenters. The van der Waals surface area contributed by atoms with Crippen molar-refractivity contribution in [3.8, 4) is 0 Å². The van der Waals surface area contributed by atoms with Crippen LogP contribution in [0.25, 0.3) is 0 Å². The maximum atomic E-state index is 13.2. The van der Waals surface area contributed by atoms with Crippen molar-refractivity contribution in [1.29, 1.82) is 0 Å². The SMILES string of the molecule is C[C@H]1CCCN(Cc2ccc(C(=O)Nc3cccc(F)c3)cc2)C1. The summed E-state index contributed by atoms with van der Waals surface area (Å²) < 4.78 is 13.2. The maximum Gasteiger partial charge on any atom is 0.255 e. The van der Waals surface area contributed by atoms with Crippen molar-refractivity contribution in [1.82, 2.24) is 4.90 Å². The van der Waals surface area contributed by atoms with Crippen molar-refractivity contribution < 1.29 is 9.18 Å². The van der Waals surface area contributed by atoms with Gasteiger partial charge in [0.25, 0.3) is 5.91 Å². The quantitative estimate of drug-likeness (QED) is 0.908. The van der Waals surface area contributed by atoms with E-state index in [1.807, 2.05) is 24.3 Å². The van der Waals surface area contributed by atoms with Gasteiger partial charge in [0.2, 0.25) is 0 Å². The van der Waals surface area contributed by atoms with Crippen LogP contribution >= 0.6 is 0 Å². The first kappa shape index (κ1) is 16.7. The summed E-state index contributed by atoms with van der Waals surface area (Å²) in [5.74, 6) is 0.174. The summed E-state index contributed by atoms with van der Waals surface area (Å²) in [7, 11) is 0. The number of nitrogens with one attached hydrogen (secondary N) is 1. The number of rotatable bonds is 4. The zero-order valence-corrected chi connectivity index (χ0v) is 14.0. The number of hydrogen-bond donors (Lipinski definition) is 1. The maximum absolute atomic E-state index is 13.2. The van der Waals surface area contributed by atoms with E-state index >= 15 is 0 Å². The molecule has 2 aromatic rings. The van der Waals surface area contributed by atoms with Gasteiger partial charge in [0.05, 0.1) is 0 Å². The Hall–Kier alpha value is -2.20. The van der Waals surface area contributed by atoms with Gasteiger partial charge in [-0.05, 0) is 61.2 Å². The number of likely N-dealkylation sites (tertiary alicyclic amines) is 1. The molecule has 0 aromatic heterocycles. The Bertz CT molecular complexity index is 699. The molecule has 0 saturated carbocycles. The van der Waals surface area contributed by atoms with E-state index in [2.05, 4.69) is 17.1 Å². The third-order valence-electron chi connectivity index (χ3n) is 4.45. The van der Waals surface area contributed by atoms with Crippen molar-refractivity contribution in [3.05, 3.63) is 65.5 Å². The third-order valence-corrected chi connectivity index (χ3v) is 4.45. The Balaban J connectivity index is 1.60. The van der Waals surface area contributed by atoms with Crippen LogP contribution in [0.15, 0.2) is 48.5 Å². The first-order valence-corrected chi connectivity index (χ1v) is 8.48. The average Bonchev–Trinajstić information content (AvgIpc) is 2.55. The highest BCUT2D eigenvalue weighted by Gasteiger charge is 2.16. The molecule has 24 heavy (non-hydrogen) atoms. The summed E-state index contributed by atoms with van der Waals surface area (Å²) >= 11 is 0. The summed E-state index contributed by atoms with van der Waals surface area (Å²) in [6.07, 6.45) is 2.57. The minimum atomic E-state index is -0.362. The Labute approximate surface area is 142 Å². The van der Waals surface area contributed by atoms with E-state index < -0.39 is 0 Å². The highest BCUT2D eigenvalue weighted by Crippen LogP contribution is 2.18. The summed E-state index contributed by atoms with van der Waals surface area (Å²) in [4.78, 5) is 14.7. The van der Waals surface area contributed by atoms with Gasteiger partial charge in [0, 0.05) is 24.3 Å². The molecule has 1 amide bonds. The monoisotopic (exact) mass is 326 g/mol. The molecule has 0 radical (unpaired) electrons. The van der Waals surface area contributed by atoms with Crippen LogP contribution in [0.4, 0.5) is 10.1 Å². The summed E-state index contributed by atoms with van der Waals surface area (Å²) in [6, 6.07) is 13.6. The molecular formula is C20H23FN2O. The number of carbonyl (C=O) groups is 1. The van der Waals surface area contributed by atoms with Crippen LogP contribution in [0.2, 0.25) is 0 Å². The molecule has 2 aromatic carbocycles. The lowest BCUT2D eigenvalue weighted by atomic mass is 9.99. The van der Waals surface area contributed by atoms with Crippen LogP contribution in [0.1, 0.15) is 35.7 Å². The fourth-order valence-corrected chi connectivity index (χ4v) is 3.22. The van der Waals surface area contributed by atoms with Gasteiger partial charge in [-0.3, -0.25) is 9.69 Å².